The summed E-state index contributed by atoms with van der Waals surface area (Å²) in [5.74, 6) is 2.90. The largest absolute Gasteiger partial charge is 0.143 e. The summed E-state index contributed by atoms with van der Waals surface area (Å²) in [6.07, 6.45) is 10.3. The van der Waals surface area contributed by atoms with Crippen molar-refractivity contribution in [1.82, 2.24) is 0 Å². The molecule has 2 saturated carbocycles. The maximum Gasteiger partial charge on any atom is 0.0438 e. The lowest BCUT2D eigenvalue weighted by atomic mass is 9.66. The molecule has 1 heterocycles. The third-order valence-corrected chi connectivity index (χ3v) is 8.02. The number of thiophene rings is 1. The SMILES string of the molecule is BrC(c1csc2ccccc12)C1CCC2CCCCC2C1. The molecule has 4 unspecified atom stereocenters. The van der Waals surface area contributed by atoms with Gasteiger partial charge in [0.25, 0.3) is 0 Å². The molecule has 2 aromatic rings. The van der Waals surface area contributed by atoms with Gasteiger partial charge in [-0.25, -0.2) is 0 Å². The van der Waals surface area contributed by atoms with Crippen LogP contribution in [0.4, 0.5) is 0 Å². The molecule has 21 heavy (non-hydrogen) atoms. The first kappa shape index (κ1) is 14.3. The molecule has 1 aromatic heterocycles. The number of fused-ring (bicyclic) bond motifs is 2. The van der Waals surface area contributed by atoms with Crippen molar-refractivity contribution in [3.05, 3.63) is 35.2 Å². The Morgan fingerprint density at radius 2 is 1.81 bits per heavy atom. The summed E-state index contributed by atoms with van der Waals surface area (Å²) in [6.45, 7) is 0. The minimum absolute atomic E-state index is 0.552. The van der Waals surface area contributed by atoms with Crippen LogP contribution in [0.3, 0.4) is 0 Å². The van der Waals surface area contributed by atoms with Crippen LogP contribution in [0.1, 0.15) is 55.3 Å². The molecule has 0 amide bonds. The molecule has 0 spiro atoms. The van der Waals surface area contributed by atoms with E-state index in [4.69, 9.17) is 0 Å². The van der Waals surface area contributed by atoms with Crippen molar-refractivity contribution in [2.75, 3.05) is 0 Å². The fourth-order valence-corrected chi connectivity index (χ4v) is 6.67. The van der Waals surface area contributed by atoms with Gasteiger partial charge in [-0.1, -0.05) is 59.8 Å². The van der Waals surface area contributed by atoms with Crippen LogP contribution in [-0.2, 0) is 0 Å². The Balaban J connectivity index is 1.56. The van der Waals surface area contributed by atoms with Crippen molar-refractivity contribution < 1.29 is 0 Å². The summed E-state index contributed by atoms with van der Waals surface area (Å²) in [4.78, 5) is 0.552. The molecule has 0 radical (unpaired) electrons. The molecule has 4 atom stereocenters. The van der Waals surface area contributed by atoms with Gasteiger partial charge in [-0.2, -0.15) is 0 Å². The van der Waals surface area contributed by atoms with Crippen LogP contribution in [-0.4, -0.2) is 0 Å². The molecule has 112 valence electrons. The van der Waals surface area contributed by atoms with Gasteiger partial charge in [-0.15, -0.1) is 11.3 Å². The molecular weight excluding hydrogens is 340 g/mol. The quantitative estimate of drug-likeness (QED) is 0.507. The Kier molecular flexibility index (Phi) is 4.10. The summed E-state index contributed by atoms with van der Waals surface area (Å²) in [7, 11) is 0. The van der Waals surface area contributed by atoms with E-state index in [1.807, 2.05) is 11.3 Å². The minimum Gasteiger partial charge on any atom is -0.143 e. The van der Waals surface area contributed by atoms with Crippen molar-refractivity contribution in [2.45, 2.75) is 49.8 Å². The minimum atomic E-state index is 0.552. The monoisotopic (exact) mass is 362 g/mol. The van der Waals surface area contributed by atoms with Crippen LogP contribution < -0.4 is 0 Å². The van der Waals surface area contributed by atoms with E-state index < -0.39 is 0 Å². The predicted molar refractivity (Wildman–Crippen MR) is 96.3 cm³/mol. The van der Waals surface area contributed by atoms with E-state index in [0.29, 0.717) is 4.83 Å². The third kappa shape index (κ3) is 2.70. The zero-order chi connectivity index (χ0) is 14.2. The second-order valence-electron chi connectivity index (χ2n) is 6.97. The number of benzene rings is 1. The number of halogens is 1. The molecule has 0 bridgehead atoms. The normalized spacial score (nSPS) is 31.0. The molecule has 2 heteroatoms. The van der Waals surface area contributed by atoms with Crippen LogP contribution >= 0.6 is 27.3 Å². The smallest absolute Gasteiger partial charge is 0.0438 e. The van der Waals surface area contributed by atoms with Crippen LogP contribution in [0.15, 0.2) is 29.6 Å². The van der Waals surface area contributed by atoms with Crippen LogP contribution in [0.5, 0.6) is 0 Å². The number of hydrogen-bond acceptors (Lipinski definition) is 1. The maximum atomic E-state index is 4.07. The van der Waals surface area contributed by atoms with Gasteiger partial charge in [-0.3, -0.25) is 0 Å². The highest BCUT2D eigenvalue weighted by molar-refractivity contribution is 9.09. The van der Waals surface area contributed by atoms with Crippen molar-refractivity contribution in [1.29, 1.82) is 0 Å². The second-order valence-corrected chi connectivity index (χ2v) is 8.86. The van der Waals surface area contributed by atoms with Gasteiger partial charge in [0, 0.05) is 9.53 Å². The van der Waals surface area contributed by atoms with Gasteiger partial charge in [0.15, 0.2) is 0 Å². The Bertz CT molecular complexity index is 617. The van der Waals surface area contributed by atoms with E-state index in [1.165, 1.54) is 60.6 Å². The van der Waals surface area contributed by atoms with E-state index in [2.05, 4.69) is 45.6 Å². The molecule has 0 nitrogen and oxygen atoms in total. The molecule has 2 aliphatic rings. The predicted octanol–water partition coefficient (Wildman–Crippen LogP) is 6.94. The molecule has 4 rings (SSSR count). The van der Waals surface area contributed by atoms with E-state index in [9.17, 15) is 0 Å². The highest BCUT2D eigenvalue weighted by atomic mass is 79.9. The number of hydrogen-bond donors (Lipinski definition) is 0. The molecule has 0 saturated heterocycles. The summed E-state index contributed by atoms with van der Waals surface area (Å²) >= 11 is 5.97. The summed E-state index contributed by atoms with van der Waals surface area (Å²) in [5, 5.41) is 3.85. The van der Waals surface area contributed by atoms with Gasteiger partial charge in [-0.05, 0) is 59.4 Å². The molecule has 2 aliphatic carbocycles. The molecule has 1 aromatic carbocycles. The van der Waals surface area contributed by atoms with E-state index >= 15 is 0 Å². The topological polar surface area (TPSA) is 0 Å². The van der Waals surface area contributed by atoms with Crippen molar-refractivity contribution >= 4 is 37.4 Å². The summed E-state index contributed by atoms with van der Waals surface area (Å²) in [6, 6.07) is 8.87. The Labute approximate surface area is 140 Å². The maximum absolute atomic E-state index is 4.07. The molecule has 0 N–H and O–H groups in total. The first-order valence-corrected chi connectivity index (χ1v) is 10.2. The molecule has 2 fully saturated rings. The summed E-state index contributed by atoms with van der Waals surface area (Å²) < 4.78 is 1.43. The summed E-state index contributed by atoms with van der Waals surface area (Å²) in [5.41, 5.74) is 1.54. The van der Waals surface area contributed by atoms with Gasteiger partial charge < -0.3 is 0 Å². The van der Waals surface area contributed by atoms with Gasteiger partial charge in [0.05, 0.1) is 0 Å². The molecule has 0 aliphatic heterocycles. The van der Waals surface area contributed by atoms with Crippen LogP contribution in [0.2, 0.25) is 0 Å². The highest BCUT2D eigenvalue weighted by Crippen LogP contribution is 2.50. The lowest BCUT2D eigenvalue weighted by Crippen LogP contribution is -2.29. The van der Waals surface area contributed by atoms with Gasteiger partial charge in [0.1, 0.15) is 0 Å². The Hall–Kier alpha value is -0.340. The van der Waals surface area contributed by atoms with Crippen LogP contribution in [0.25, 0.3) is 10.1 Å². The fourth-order valence-electron chi connectivity index (χ4n) is 4.64. The average molecular weight is 363 g/mol. The Morgan fingerprint density at radius 1 is 1.00 bits per heavy atom. The number of alkyl halides is 1. The van der Waals surface area contributed by atoms with Crippen molar-refractivity contribution in [3.63, 3.8) is 0 Å². The van der Waals surface area contributed by atoms with Gasteiger partial charge in [0.2, 0.25) is 0 Å². The first-order chi connectivity index (χ1) is 10.3. The second kappa shape index (κ2) is 6.04. The standard InChI is InChI=1S/C19H23BrS/c20-19(17-12-21-18-8-4-3-7-16(17)18)15-10-9-13-5-1-2-6-14(13)11-15/h3-4,7-8,12-15,19H,1-2,5-6,9-11H2. The zero-order valence-corrected chi connectivity index (χ0v) is 14.8. The first-order valence-electron chi connectivity index (χ1n) is 8.43. The lowest BCUT2D eigenvalue weighted by Gasteiger charge is -2.40. The van der Waals surface area contributed by atoms with Gasteiger partial charge >= 0.3 is 0 Å². The van der Waals surface area contributed by atoms with Crippen molar-refractivity contribution in [3.8, 4) is 0 Å². The number of rotatable bonds is 2. The highest BCUT2D eigenvalue weighted by Gasteiger charge is 2.35. The average Bonchev–Trinajstić information content (AvgIpc) is 2.98. The molecular formula is C19H23BrS. The van der Waals surface area contributed by atoms with Crippen molar-refractivity contribution in [2.24, 2.45) is 17.8 Å². The van der Waals surface area contributed by atoms with E-state index in [-0.39, 0.29) is 0 Å². The lowest BCUT2D eigenvalue weighted by molar-refractivity contribution is 0.129. The van der Waals surface area contributed by atoms with E-state index in [1.54, 1.807) is 0 Å². The fraction of sp³-hybridized carbons (Fsp3) is 0.579. The van der Waals surface area contributed by atoms with E-state index in [0.717, 1.165) is 17.8 Å². The van der Waals surface area contributed by atoms with Crippen LogP contribution in [0, 0.1) is 17.8 Å². The zero-order valence-electron chi connectivity index (χ0n) is 12.4. The Morgan fingerprint density at radius 3 is 2.71 bits per heavy atom. The third-order valence-electron chi connectivity index (χ3n) is 5.80.